The van der Waals surface area contributed by atoms with Crippen LogP contribution in [-0.2, 0) is 0 Å². The average Bonchev–Trinajstić information content (AvgIpc) is 2.54. The Labute approximate surface area is 143 Å². The Morgan fingerprint density at radius 3 is 2.13 bits per heavy atom. The third-order valence-corrected chi connectivity index (χ3v) is 7.96. The molecule has 4 heteroatoms. The molecule has 23 heavy (non-hydrogen) atoms. The number of hydrogen-bond donors (Lipinski definition) is 0. The molecule has 120 valence electrons. The lowest BCUT2D eigenvalue weighted by molar-refractivity contribution is 0.104. The molecule has 2 rings (SSSR count). The molecular formula is C19H22O2SSi. The van der Waals surface area contributed by atoms with E-state index in [1.54, 1.807) is 18.9 Å². The minimum Gasteiger partial charge on any atom is -0.497 e. The fourth-order valence-electron chi connectivity index (χ4n) is 1.97. The van der Waals surface area contributed by atoms with Crippen molar-refractivity contribution in [3.05, 3.63) is 70.8 Å². The van der Waals surface area contributed by atoms with E-state index >= 15 is 0 Å². The van der Waals surface area contributed by atoms with Crippen LogP contribution in [0.4, 0.5) is 0 Å². The van der Waals surface area contributed by atoms with Crippen molar-refractivity contribution in [2.75, 3.05) is 7.11 Å². The van der Waals surface area contributed by atoms with Gasteiger partial charge in [-0.1, -0.05) is 61.7 Å². The van der Waals surface area contributed by atoms with Crippen LogP contribution in [0.25, 0.3) is 0 Å². The number of hydrogen-bond acceptors (Lipinski definition) is 3. The molecule has 0 atom stereocenters. The van der Waals surface area contributed by atoms with Crippen LogP contribution < -0.4 is 4.74 Å². The summed E-state index contributed by atoms with van der Waals surface area (Å²) >= 11 is 1.68. The molecule has 2 aromatic rings. The van der Waals surface area contributed by atoms with Gasteiger partial charge in [-0.2, -0.15) is 0 Å². The van der Waals surface area contributed by atoms with Crippen molar-refractivity contribution >= 4 is 25.6 Å². The lowest BCUT2D eigenvalue weighted by atomic mass is 10.1. The second kappa shape index (κ2) is 7.66. The Kier molecular flexibility index (Phi) is 5.85. The van der Waals surface area contributed by atoms with E-state index in [0.29, 0.717) is 0 Å². The molecule has 2 nitrogen and oxygen atoms in total. The van der Waals surface area contributed by atoms with Crippen molar-refractivity contribution in [3.8, 4) is 5.75 Å². The van der Waals surface area contributed by atoms with Gasteiger partial charge in [0, 0.05) is 10.5 Å². The maximum Gasteiger partial charge on any atom is 0.186 e. The van der Waals surface area contributed by atoms with Gasteiger partial charge in [-0.25, -0.2) is 0 Å². The molecule has 0 N–H and O–H groups in total. The normalized spacial score (nSPS) is 12.1. The smallest absolute Gasteiger partial charge is 0.186 e. The summed E-state index contributed by atoms with van der Waals surface area (Å²) < 4.78 is 6.37. The molecule has 0 aliphatic rings. The first kappa shape index (κ1) is 17.6. The number of methoxy groups -OCH3 is 1. The molecular weight excluding hydrogens is 320 g/mol. The summed E-state index contributed by atoms with van der Waals surface area (Å²) in [5, 5.41) is 0. The van der Waals surface area contributed by atoms with Gasteiger partial charge in [0.25, 0.3) is 0 Å². The molecule has 0 aromatic heterocycles. The van der Waals surface area contributed by atoms with E-state index in [0.717, 1.165) is 16.2 Å². The molecule has 0 heterocycles. The molecule has 0 amide bonds. The van der Waals surface area contributed by atoms with Gasteiger partial charge in [-0.3, -0.25) is 4.79 Å². The van der Waals surface area contributed by atoms with E-state index in [1.807, 2.05) is 60.7 Å². The van der Waals surface area contributed by atoms with Crippen LogP contribution in [0.2, 0.25) is 19.6 Å². The van der Waals surface area contributed by atoms with Gasteiger partial charge < -0.3 is 4.74 Å². The number of thioether (sulfide) groups is 1. The average molecular weight is 343 g/mol. The second-order valence-corrected chi connectivity index (χ2v) is 12.8. The van der Waals surface area contributed by atoms with E-state index in [2.05, 4.69) is 19.6 Å². The summed E-state index contributed by atoms with van der Waals surface area (Å²) in [5.41, 5.74) is 0.735. The van der Waals surface area contributed by atoms with Gasteiger partial charge in [0.2, 0.25) is 0 Å². The second-order valence-electron chi connectivity index (χ2n) is 6.27. The van der Waals surface area contributed by atoms with Crippen molar-refractivity contribution in [1.82, 2.24) is 0 Å². The van der Waals surface area contributed by atoms with Crippen molar-refractivity contribution in [2.45, 2.75) is 24.5 Å². The maximum absolute atomic E-state index is 12.5. The first-order valence-corrected chi connectivity index (χ1v) is 11.9. The number of benzene rings is 2. The molecule has 0 unspecified atom stereocenters. The van der Waals surface area contributed by atoms with E-state index in [9.17, 15) is 4.79 Å². The van der Waals surface area contributed by atoms with Crippen LogP contribution in [-0.4, -0.2) is 21.0 Å². The van der Waals surface area contributed by atoms with Gasteiger partial charge in [0.05, 0.1) is 15.2 Å². The highest BCUT2D eigenvalue weighted by Gasteiger charge is 2.22. The Morgan fingerprint density at radius 1 is 1.00 bits per heavy atom. The number of ketones is 1. The van der Waals surface area contributed by atoms with Gasteiger partial charge in [0.1, 0.15) is 5.75 Å². The van der Waals surface area contributed by atoms with E-state index in [-0.39, 0.29) is 5.78 Å². The quantitative estimate of drug-likeness (QED) is 0.303. The molecule has 0 bridgehead atoms. The standard InChI is InChI=1S/C19H22O2SSi/c1-21-16-10-12-17(13-11-16)22-19(23(2,3)4)14-18(20)15-8-6-5-7-9-15/h5-14H,1-4H3/b19-14-. The summed E-state index contributed by atoms with van der Waals surface area (Å²) in [7, 11) is 0.0458. The SMILES string of the molecule is COc1ccc(S/C(=C/C(=O)c2ccccc2)[Si](C)(C)C)cc1. The molecule has 0 spiro atoms. The summed E-state index contributed by atoms with van der Waals surface area (Å²) in [4.78, 5) is 13.6. The summed E-state index contributed by atoms with van der Waals surface area (Å²) in [6, 6.07) is 17.4. The fourth-order valence-corrected chi connectivity index (χ4v) is 4.81. The Morgan fingerprint density at radius 2 is 1.61 bits per heavy atom. The molecule has 2 aromatic carbocycles. The predicted molar refractivity (Wildman–Crippen MR) is 101 cm³/mol. The van der Waals surface area contributed by atoms with Gasteiger partial charge >= 0.3 is 0 Å². The Bertz CT molecular complexity index is 686. The summed E-state index contributed by atoms with van der Waals surface area (Å²) in [6.07, 6.45) is 1.82. The predicted octanol–water partition coefficient (Wildman–Crippen LogP) is 5.43. The Hall–Kier alpha value is -1.78. The van der Waals surface area contributed by atoms with Crippen molar-refractivity contribution < 1.29 is 9.53 Å². The van der Waals surface area contributed by atoms with Crippen LogP contribution in [0, 0.1) is 0 Å². The maximum atomic E-state index is 12.5. The minimum absolute atomic E-state index is 0.0732. The molecule has 0 saturated carbocycles. The van der Waals surface area contributed by atoms with Crippen molar-refractivity contribution in [2.24, 2.45) is 0 Å². The molecule has 0 saturated heterocycles. The zero-order valence-corrected chi connectivity index (χ0v) is 15.8. The molecule has 0 fully saturated rings. The largest absolute Gasteiger partial charge is 0.497 e. The highest BCUT2D eigenvalue weighted by Crippen LogP contribution is 2.34. The number of ether oxygens (including phenoxy) is 1. The van der Waals surface area contributed by atoms with E-state index < -0.39 is 8.07 Å². The zero-order chi connectivity index (χ0) is 16.9. The summed E-state index contributed by atoms with van der Waals surface area (Å²) in [5.74, 6) is 0.914. The van der Waals surface area contributed by atoms with Crippen LogP contribution in [0.3, 0.4) is 0 Å². The van der Waals surface area contributed by atoms with Gasteiger partial charge in [0.15, 0.2) is 5.78 Å². The van der Waals surface area contributed by atoms with E-state index in [1.165, 1.54) is 4.53 Å². The van der Waals surface area contributed by atoms with E-state index in [4.69, 9.17) is 4.74 Å². The molecule has 0 radical (unpaired) electrons. The van der Waals surface area contributed by atoms with Crippen LogP contribution in [0.5, 0.6) is 5.75 Å². The highest BCUT2D eigenvalue weighted by atomic mass is 32.2. The fraction of sp³-hybridized carbons (Fsp3) is 0.211. The zero-order valence-electron chi connectivity index (χ0n) is 14.0. The first-order chi connectivity index (χ1) is 10.9. The third kappa shape index (κ3) is 5.11. The topological polar surface area (TPSA) is 26.3 Å². The van der Waals surface area contributed by atoms with Crippen LogP contribution in [0.1, 0.15) is 10.4 Å². The van der Waals surface area contributed by atoms with Crippen molar-refractivity contribution in [3.63, 3.8) is 0 Å². The number of allylic oxidation sites excluding steroid dienone is 1. The lowest BCUT2D eigenvalue weighted by Gasteiger charge is -2.20. The monoisotopic (exact) mass is 342 g/mol. The van der Waals surface area contributed by atoms with Gasteiger partial charge in [-0.05, 0) is 34.9 Å². The number of rotatable bonds is 6. The van der Waals surface area contributed by atoms with Gasteiger partial charge in [-0.15, -0.1) is 0 Å². The molecule has 0 aliphatic heterocycles. The van der Waals surface area contributed by atoms with Crippen molar-refractivity contribution in [1.29, 1.82) is 0 Å². The lowest BCUT2D eigenvalue weighted by Crippen LogP contribution is -2.23. The molecule has 0 aliphatic carbocycles. The first-order valence-electron chi connectivity index (χ1n) is 7.53. The minimum atomic E-state index is -1.62. The number of carbonyl (C=O) groups is 1. The number of carbonyl (C=O) groups excluding carboxylic acids is 1. The third-order valence-electron chi connectivity index (χ3n) is 3.35. The Balaban J connectivity index is 2.26. The van der Waals surface area contributed by atoms with Crippen LogP contribution in [0.15, 0.2) is 70.1 Å². The summed E-state index contributed by atoms with van der Waals surface area (Å²) in [6.45, 7) is 6.77. The van der Waals surface area contributed by atoms with Crippen LogP contribution >= 0.6 is 11.8 Å². The highest BCUT2D eigenvalue weighted by molar-refractivity contribution is 8.05.